The van der Waals surface area contributed by atoms with Crippen molar-refractivity contribution in [2.24, 2.45) is 5.92 Å². The van der Waals surface area contributed by atoms with E-state index >= 15 is 0 Å². The molecule has 1 amide bonds. The molecule has 4 nitrogen and oxygen atoms in total. The number of amides is 1. The highest BCUT2D eigenvalue weighted by Crippen LogP contribution is 2.10. The molecule has 4 heteroatoms. The number of carbonyl (C=O) groups is 1. The highest BCUT2D eigenvalue weighted by Gasteiger charge is 2.15. The number of rotatable bonds is 8. The van der Waals surface area contributed by atoms with Gasteiger partial charge in [-0.25, -0.2) is 0 Å². The lowest BCUT2D eigenvalue weighted by Gasteiger charge is -2.32. The van der Waals surface area contributed by atoms with Crippen LogP contribution in [0, 0.1) is 5.92 Å². The third kappa shape index (κ3) is 6.39. The molecule has 0 bridgehead atoms. The second-order valence-corrected chi connectivity index (χ2v) is 5.68. The summed E-state index contributed by atoms with van der Waals surface area (Å²) in [6.07, 6.45) is 4.13. The van der Waals surface area contributed by atoms with E-state index in [1.807, 2.05) is 0 Å². The minimum absolute atomic E-state index is 0. The molecule has 1 N–H and O–H groups in total. The van der Waals surface area contributed by atoms with Crippen molar-refractivity contribution in [1.29, 1.82) is 0 Å². The average molecular weight is 271 g/mol. The maximum atomic E-state index is 11.9. The van der Waals surface area contributed by atoms with Crippen LogP contribution < -0.4 is 5.32 Å². The standard InChI is InChI=1S/C15H31N3O.H2/c1-4-7-14(5-2)15(19)16-8-6-9-18-12-10-17(3)11-13-18;/h14H,4-13H2,1-3H3,(H,16,19);1H. The minimum Gasteiger partial charge on any atom is -0.356 e. The van der Waals surface area contributed by atoms with Crippen molar-refractivity contribution in [3.05, 3.63) is 0 Å². The van der Waals surface area contributed by atoms with Crippen molar-refractivity contribution in [3.63, 3.8) is 0 Å². The molecule has 0 aliphatic carbocycles. The van der Waals surface area contributed by atoms with Crippen LogP contribution >= 0.6 is 0 Å². The Hall–Kier alpha value is -0.610. The Labute approximate surface area is 120 Å². The van der Waals surface area contributed by atoms with E-state index in [2.05, 4.69) is 36.0 Å². The van der Waals surface area contributed by atoms with Crippen molar-refractivity contribution in [2.45, 2.75) is 39.5 Å². The molecule has 0 saturated carbocycles. The summed E-state index contributed by atoms with van der Waals surface area (Å²) in [5.41, 5.74) is 0. The van der Waals surface area contributed by atoms with E-state index in [9.17, 15) is 4.79 Å². The Morgan fingerprint density at radius 2 is 1.95 bits per heavy atom. The van der Waals surface area contributed by atoms with Gasteiger partial charge < -0.3 is 15.1 Å². The summed E-state index contributed by atoms with van der Waals surface area (Å²) >= 11 is 0. The molecule has 1 saturated heterocycles. The van der Waals surface area contributed by atoms with E-state index in [1.54, 1.807) is 0 Å². The van der Waals surface area contributed by atoms with Gasteiger partial charge in [-0.05, 0) is 32.9 Å². The largest absolute Gasteiger partial charge is 0.356 e. The molecule has 0 radical (unpaired) electrons. The molecule has 1 aliphatic rings. The van der Waals surface area contributed by atoms with E-state index in [0.29, 0.717) is 0 Å². The molecular weight excluding hydrogens is 238 g/mol. The van der Waals surface area contributed by atoms with Crippen LogP contribution in [0.5, 0.6) is 0 Å². The summed E-state index contributed by atoms with van der Waals surface area (Å²) in [7, 11) is 2.18. The first-order valence-corrected chi connectivity index (χ1v) is 7.86. The predicted molar refractivity (Wildman–Crippen MR) is 82.4 cm³/mol. The van der Waals surface area contributed by atoms with Crippen LogP contribution in [0.15, 0.2) is 0 Å². The maximum absolute atomic E-state index is 11.9. The smallest absolute Gasteiger partial charge is 0.223 e. The minimum atomic E-state index is 0. The molecule has 1 atom stereocenters. The number of nitrogens with zero attached hydrogens (tertiary/aromatic N) is 2. The van der Waals surface area contributed by atoms with Crippen molar-refractivity contribution < 1.29 is 6.22 Å². The zero-order chi connectivity index (χ0) is 14.1. The van der Waals surface area contributed by atoms with Crippen LogP contribution in [0.3, 0.4) is 0 Å². The number of likely N-dealkylation sites (N-methyl/N-ethyl adjacent to an activating group) is 1. The fourth-order valence-corrected chi connectivity index (χ4v) is 2.60. The van der Waals surface area contributed by atoms with Crippen LogP contribution in [0.25, 0.3) is 0 Å². The molecule has 1 fully saturated rings. The van der Waals surface area contributed by atoms with Gasteiger partial charge in [0, 0.05) is 40.1 Å². The highest BCUT2D eigenvalue weighted by atomic mass is 16.1. The Balaban J connectivity index is 0.00000361. The monoisotopic (exact) mass is 271 g/mol. The lowest BCUT2D eigenvalue weighted by atomic mass is 10.00. The summed E-state index contributed by atoms with van der Waals surface area (Å²) in [4.78, 5) is 16.8. The Morgan fingerprint density at radius 1 is 1.26 bits per heavy atom. The molecule has 0 aromatic heterocycles. The molecule has 0 aromatic rings. The van der Waals surface area contributed by atoms with Crippen LogP contribution in [0.2, 0.25) is 0 Å². The molecule has 1 rings (SSSR count). The zero-order valence-electron chi connectivity index (χ0n) is 13.0. The Bertz CT molecular complexity index is 256. The Kier molecular flexibility index (Phi) is 8.07. The van der Waals surface area contributed by atoms with Crippen molar-refractivity contribution in [1.82, 2.24) is 15.1 Å². The molecule has 1 heterocycles. The first-order chi connectivity index (χ1) is 9.17. The maximum Gasteiger partial charge on any atom is 0.223 e. The van der Waals surface area contributed by atoms with Crippen molar-refractivity contribution in [3.8, 4) is 0 Å². The molecule has 1 unspecified atom stereocenters. The van der Waals surface area contributed by atoms with Gasteiger partial charge in [-0.1, -0.05) is 20.3 Å². The molecule has 114 valence electrons. The fourth-order valence-electron chi connectivity index (χ4n) is 2.60. The van der Waals surface area contributed by atoms with Crippen LogP contribution in [-0.2, 0) is 4.79 Å². The van der Waals surface area contributed by atoms with Gasteiger partial charge in [-0.15, -0.1) is 0 Å². The SMILES string of the molecule is CCCC(CC)C(=O)NCCCN1CCN(C)CC1.[HH]. The van der Waals surface area contributed by atoms with Gasteiger partial charge in [-0.2, -0.15) is 0 Å². The van der Waals surface area contributed by atoms with E-state index in [0.717, 1.165) is 51.9 Å². The van der Waals surface area contributed by atoms with Gasteiger partial charge in [0.1, 0.15) is 0 Å². The number of hydrogen-bond donors (Lipinski definition) is 1. The first kappa shape index (κ1) is 16.4. The lowest BCUT2D eigenvalue weighted by Crippen LogP contribution is -2.45. The summed E-state index contributed by atoms with van der Waals surface area (Å²) in [6, 6.07) is 0. The van der Waals surface area contributed by atoms with Crippen molar-refractivity contribution >= 4 is 5.91 Å². The van der Waals surface area contributed by atoms with Crippen LogP contribution in [0.1, 0.15) is 41.0 Å². The average Bonchev–Trinajstić information content (AvgIpc) is 2.42. The van der Waals surface area contributed by atoms with E-state index < -0.39 is 0 Å². The van der Waals surface area contributed by atoms with Crippen LogP contribution in [0.4, 0.5) is 0 Å². The number of hydrogen-bond acceptors (Lipinski definition) is 3. The number of carbonyl (C=O) groups excluding carboxylic acids is 1. The third-order valence-corrected chi connectivity index (χ3v) is 4.05. The summed E-state index contributed by atoms with van der Waals surface area (Å²) in [5, 5.41) is 3.09. The predicted octanol–water partition coefficient (Wildman–Crippen LogP) is 1.81. The fraction of sp³-hybridized carbons (Fsp3) is 0.933. The molecule has 0 aromatic carbocycles. The molecular formula is C15H33N3O. The quantitative estimate of drug-likeness (QED) is 0.684. The summed E-state index contributed by atoms with van der Waals surface area (Å²) in [5.74, 6) is 0.469. The van der Waals surface area contributed by atoms with Gasteiger partial charge in [0.05, 0.1) is 0 Å². The van der Waals surface area contributed by atoms with Gasteiger partial charge in [0.25, 0.3) is 0 Å². The summed E-state index contributed by atoms with van der Waals surface area (Å²) in [6.45, 7) is 10.8. The topological polar surface area (TPSA) is 35.6 Å². The van der Waals surface area contributed by atoms with Gasteiger partial charge in [0.2, 0.25) is 5.91 Å². The second kappa shape index (κ2) is 9.32. The second-order valence-electron chi connectivity index (χ2n) is 5.68. The van der Waals surface area contributed by atoms with Gasteiger partial charge in [-0.3, -0.25) is 4.79 Å². The first-order valence-electron chi connectivity index (χ1n) is 7.86. The van der Waals surface area contributed by atoms with E-state index in [1.165, 1.54) is 13.1 Å². The van der Waals surface area contributed by atoms with Crippen molar-refractivity contribution in [2.75, 3.05) is 46.3 Å². The van der Waals surface area contributed by atoms with Crippen LogP contribution in [-0.4, -0.2) is 62.0 Å². The summed E-state index contributed by atoms with van der Waals surface area (Å²) < 4.78 is 0. The third-order valence-electron chi connectivity index (χ3n) is 4.05. The molecule has 19 heavy (non-hydrogen) atoms. The lowest BCUT2D eigenvalue weighted by molar-refractivity contribution is -0.125. The zero-order valence-corrected chi connectivity index (χ0v) is 13.0. The van der Waals surface area contributed by atoms with Gasteiger partial charge in [0.15, 0.2) is 0 Å². The number of piperazine rings is 1. The van der Waals surface area contributed by atoms with E-state index in [-0.39, 0.29) is 13.3 Å². The Morgan fingerprint density at radius 3 is 2.53 bits per heavy atom. The van der Waals surface area contributed by atoms with Gasteiger partial charge >= 0.3 is 0 Å². The normalized spacial score (nSPS) is 19.3. The molecule has 0 spiro atoms. The number of nitrogens with one attached hydrogen (secondary N) is 1. The highest BCUT2D eigenvalue weighted by molar-refractivity contribution is 5.78. The van der Waals surface area contributed by atoms with E-state index in [4.69, 9.17) is 0 Å². The molecule has 1 aliphatic heterocycles.